The van der Waals surface area contributed by atoms with Crippen LogP contribution in [0.4, 0.5) is 0 Å². The highest BCUT2D eigenvalue weighted by molar-refractivity contribution is 7.91. The van der Waals surface area contributed by atoms with Gasteiger partial charge in [0.2, 0.25) is 0 Å². The summed E-state index contributed by atoms with van der Waals surface area (Å²) in [7, 11) is -2.69. The van der Waals surface area contributed by atoms with Gasteiger partial charge in [-0.25, -0.2) is 8.42 Å². The number of hydrogen-bond acceptors (Lipinski definition) is 3. The van der Waals surface area contributed by atoms with Crippen molar-refractivity contribution in [3.8, 4) is 0 Å². The van der Waals surface area contributed by atoms with Crippen molar-refractivity contribution < 1.29 is 8.42 Å². The predicted molar refractivity (Wildman–Crippen MR) is 43.2 cm³/mol. The summed E-state index contributed by atoms with van der Waals surface area (Å²) in [5.41, 5.74) is 0.136. The molecule has 1 spiro atoms. The van der Waals surface area contributed by atoms with E-state index in [1.54, 1.807) is 0 Å². The van der Waals surface area contributed by atoms with E-state index in [-0.39, 0.29) is 5.41 Å². The Morgan fingerprint density at radius 1 is 1.27 bits per heavy atom. The van der Waals surface area contributed by atoms with Gasteiger partial charge in [0.1, 0.15) is 0 Å². The lowest BCUT2D eigenvalue weighted by atomic mass is 9.79. The first-order valence-electron chi connectivity index (χ1n) is 4.03. The molecular weight excluding hydrogens is 162 g/mol. The van der Waals surface area contributed by atoms with E-state index in [4.69, 9.17) is 0 Å². The Morgan fingerprint density at radius 2 is 2.00 bits per heavy atom. The van der Waals surface area contributed by atoms with E-state index in [1.807, 2.05) is 0 Å². The smallest absolute Gasteiger partial charge is 0.150 e. The molecule has 0 atom stereocenters. The highest BCUT2D eigenvalue weighted by Gasteiger charge is 2.43. The topological polar surface area (TPSA) is 46.2 Å². The molecule has 0 aromatic heterocycles. The minimum atomic E-state index is -2.69. The molecule has 0 radical (unpaired) electrons. The van der Waals surface area contributed by atoms with Gasteiger partial charge in [0.15, 0.2) is 9.84 Å². The van der Waals surface area contributed by atoms with Crippen LogP contribution in [-0.2, 0) is 9.84 Å². The number of hydrogen-bond donors (Lipinski definition) is 1. The molecule has 0 bridgehead atoms. The van der Waals surface area contributed by atoms with Crippen molar-refractivity contribution in [2.75, 3.05) is 24.6 Å². The Hall–Kier alpha value is -0.0900. The molecule has 2 aliphatic heterocycles. The van der Waals surface area contributed by atoms with Crippen molar-refractivity contribution in [3.63, 3.8) is 0 Å². The van der Waals surface area contributed by atoms with Crippen LogP contribution in [0.1, 0.15) is 12.8 Å². The largest absolute Gasteiger partial charge is 0.315 e. The van der Waals surface area contributed by atoms with Gasteiger partial charge in [-0.1, -0.05) is 0 Å². The first-order chi connectivity index (χ1) is 5.12. The van der Waals surface area contributed by atoms with Gasteiger partial charge in [-0.3, -0.25) is 0 Å². The molecule has 3 nitrogen and oxygen atoms in total. The molecule has 2 fully saturated rings. The molecule has 2 saturated heterocycles. The van der Waals surface area contributed by atoms with Gasteiger partial charge in [-0.15, -0.1) is 0 Å². The molecule has 2 heterocycles. The second kappa shape index (κ2) is 2.20. The van der Waals surface area contributed by atoms with Crippen LogP contribution in [0.3, 0.4) is 0 Å². The molecule has 4 heteroatoms. The summed E-state index contributed by atoms with van der Waals surface area (Å²) < 4.78 is 22.5. The minimum absolute atomic E-state index is 0.136. The summed E-state index contributed by atoms with van der Waals surface area (Å²) in [5.74, 6) is 0.835. The molecule has 2 rings (SSSR count). The molecule has 2 aliphatic rings. The van der Waals surface area contributed by atoms with Crippen molar-refractivity contribution in [1.29, 1.82) is 0 Å². The lowest BCUT2D eigenvalue weighted by Gasteiger charge is -2.44. The average Bonchev–Trinajstić information content (AvgIpc) is 1.82. The lowest BCUT2D eigenvalue weighted by molar-refractivity contribution is 0.175. The molecule has 0 aromatic carbocycles. The third kappa shape index (κ3) is 1.29. The zero-order valence-electron chi connectivity index (χ0n) is 6.47. The third-order valence-corrected chi connectivity index (χ3v) is 4.65. The highest BCUT2D eigenvalue weighted by atomic mass is 32.2. The van der Waals surface area contributed by atoms with Crippen LogP contribution < -0.4 is 5.32 Å². The van der Waals surface area contributed by atoms with Crippen molar-refractivity contribution >= 4 is 9.84 Å². The van der Waals surface area contributed by atoms with Crippen LogP contribution in [-0.4, -0.2) is 33.0 Å². The minimum Gasteiger partial charge on any atom is -0.315 e. The van der Waals surface area contributed by atoms with Crippen LogP contribution >= 0.6 is 0 Å². The van der Waals surface area contributed by atoms with Gasteiger partial charge in [-0.2, -0.15) is 0 Å². The van der Waals surface area contributed by atoms with Crippen molar-refractivity contribution in [3.05, 3.63) is 0 Å². The fourth-order valence-corrected chi connectivity index (χ4v) is 4.05. The van der Waals surface area contributed by atoms with Gasteiger partial charge in [-0.05, 0) is 12.8 Å². The fourth-order valence-electron chi connectivity index (χ4n) is 2.04. The van der Waals surface area contributed by atoms with Crippen molar-refractivity contribution in [2.45, 2.75) is 12.8 Å². The van der Waals surface area contributed by atoms with E-state index >= 15 is 0 Å². The molecule has 0 unspecified atom stereocenters. The molecule has 0 saturated carbocycles. The van der Waals surface area contributed by atoms with E-state index in [2.05, 4.69) is 5.32 Å². The SMILES string of the molecule is O=S1(=O)CCCC2(CNC2)C1. The van der Waals surface area contributed by atoms with E-state index in [9.17, 15) is 8.42 Å². The summed E-state index contributed by atoms with van der Waals surface area (Å²) in [6.07, 6.45) is 1.96. The van der Waals surface area contributed by atoms with Crippen LogP contribution in [0.5, 0.6) is 0 Å². The Kier molecular flexibility index (Phi) is 1.51. The standard InChI is InChI=1S/C7H13NO2S/c9-11(10)3-1-2-7(6-11)4-8-5-7/h8H,1-6H2. The summed E-state index contributed by atoms with van der Waals surface area (Å²) in [6.45, 7) is 1.82. The molecule has 64 valence electrons. The second-order valence-electron chi connectivity index (χ2n) is 3.80. The van der Waals surface area contributed by atoms with E-state index < -0.39 is 9.84 Å². The summed E-state index contributed by atoms with van der Waals surface area (Å²) in [5, 5.41) is 3.14. The average molecular weight is 175 g/mol. The Balaban J connectivity index is 2.15. The monoisotopic (exact) mass is 175 g/mol. The van der Waals surface area contributed by atoms with Gasteiger partial charge < -0.3 is 5.32 Å². The van der Waals surface area contributed by atoms with E-state index in [0.717, 1.165) is 25.9 Å². The molecule has 1 N–H and O–H groups in total. The zero-order valence-corrected chi connectivity index (χ0v) is 7.28. The maximum atomic E-state index is 11.2. The predicted octanol–water partition coefficient (Wildman–Crippen LogP) is -0.215. The van der Waals surface area contributed by atoms with E-state index in [0.29, 0.717) is 11.5 Å². The maximum Gasteiger partial charge on any atom is 0.150 e. The van der Waals surface area contributed by atoms with Gasteiger partial charge >= 0.3 is 0 Å². The Bertz CT molecular complexity index is 254. The van der Waals surface area contributed by atoms with E-state index in [1.165, 1.54) is 0 Å². The van der Waals surface area contributed by atoms with Crippen LogP contribution in [0.2, 0.25) is 0 Å². The number of nitrogens with one attached hydrogen (secondary N) is 1. The van der Waals surface area contributed by atoms with Gasteiger partial charge in [0.25, 0.3) is 0 Å². The van der Waals surface area contributed by atoms with Crippen LogP contribution in [0, 0.1) is 5.41 Å². The summed E-state index contributed by atoms with van der Waals surface area (Å²) in [4.78, 5) is 0. The quantitative estimate of drug-likeness (QED) is 0.554. The lowest BCUT2D eigenvalue weighted by Crippen LogP contribution is -2.58. The molecule has 0 amide bonds. The van der Waals surface area contributed by atoms with Crippen molar-refractivity contribution in [1.82, 2.24) is 5.32 Å². The maximum absolute atomic E-state index is 11.2. The Morgan fingerprint density at radius 3 is 2.36 bits per heavy atom. The molecule has 11 heavy (non-hydrogen) atoms. The first-order valence-corrected chi connectivity index (χ1v) is 5.85. The van der Waals surface area contributed by atoms with Crippen LogP contribution in [0.15, 0.2) is 0 Å². The Labute approximate surface area is 67.1 Å². The molecule has 0 aromatic rings. The first kappa shape index (κ1) is 7.55. The fraction of sp³-hybridized carbons (Fsp3) is 1.00. The second-order valence-corrected chi connectivity index (χ2v) is 5.98. The molecular formula is C7H13NO2S. The van der Waals surface area contributed by atoms with Crippen LogP contribution in [0.25, 0.3) is 0 Å². The number of rotatable bonds is 0. The third-order valence-electron chi connectivity index (χ3n) is 2.69. The van der Waals surface area contributed by atoms with Gasteiger partial charge in [0.05, 0.1) is 11.5 Å². The number of sulfone groups is 1. The zero-order chi connectivity index (χ0) is 7.95. The molecule has 0 aliphatic carbocycles. The van der Waals surface area contributed by atoms with Gasteiger partial charge in [0, 0.05) is 18.5 Å². The normalized spacial score (nSPS) is 33.1. The van der Waals surface area contributed by atoms with Crippen molar-refractivity contribution in [2.24, 2.45) is 5.41 Å². The highest BCUT2D eigenvalue weighted by Crippen LogP contribution is 2.34. The summed E-state index contributed by atoms with van der Waals surface area (Å²) in [6, 6.07) is 0. The summed E-state index contributed by atoms with van der Waals surface area (Å²) >= 11 is 0.